The van der Waals surface area contributed by atoms with Crippen LogP contribution in [0.4, 0.5) is 4.39 Å². The Balaban J connectivity index is 1.13. The fourth-order valence-electron chi connectivity index (χ4n) is 4.55. The Morgan fingerprint density at radius 1 is 1.18 bits per heavy atom. The molecule has 180 valence electrons. The standard InChI is InChI=1S/C26H30ClFN4O2/c1-33-26(9-10-26)18-32-14-11-29-24(32)17-31-12-7-22(8-13-31)34-25-4-2-3-21(30-25)15-19-5-6-20(27)16-23(19)28/h2-6,11,14,16,22H,7-10,12-13,15,17-18H2,1H3. The third-order valence-corrected chi connectivity index (χ3v) is 7.09. The third-order valence-electron chi connectivity index (χ3n) is 6.86. The molecule has 0 N–H and O–H groups in total. The summed E-state index contributed by atoms with van der Waals surface area (Å²) in [4.78, 5) is 11.6. The van der Waals surface area contributed by atoms with Crippen LogP contribution in [0.15, 0.2) is 48.8 Å². The van der Waals surface area contributed by atoms with Gasteiger partial charge in [0, 0.05) is 55.8 Å². The number of hydrogen-bond acceptors (Lipinski definition) is 5. The summed E-state index contributed by atoms with van der Waals surface area (Å²) in [6.45, 7) is 3.60. The van der Waals surface area contributed by atoms with Gasteiger partial charge in [0.25, 0.3) is 0 Å². The highest BCUT2D eigenvalue weighted by Crippen LogP contribution is 2.40. The molecule has 6 nitrogen and oxygen atoms in total. The van der Waals surface area contributed by atoms with Crippen LogP contribution in [0.5, 0.6) is 5.88 Å². The Labute approximate surface area is 204 Å². The van der Waals surface area contributed by atoms with E-state index in [0.29, 0.717) is 22.9 Å². The molecule has 0 radical (unpaired) electrons. The second-order valence-corrected chi connectivity index (χ2v) is 9.77. The first-order valence-corrected chi connectivity index (χ1v) is 12.2. The van der Waals surface area contributed by atoms with E-state index >= 15 is 0 Å². The van der Waals surface area contributed by atoms with Gasteiger partial charge in [-0.1, -0.05) is 23.7 Å². The van der Waals surface area contributed by atoms with E-state index in [1.165, 1.54) is 6.07 Å². The smallest absolute Gasteiger partial charge is 0.213 e. The van der Waals surface area contributed by atoms with E-state index in [1.807, 2.05) is 24.4 Å². The van der Waals surface area contributed by atoms with Crippen LogP contribution >= 0.6 is 11.6 Å². The largest absolute Gasteiger partial charge is 0.474 e. The normalized spacial score (nSPS) is 18.2. The number of aromatic nitrogens is 3. The number of pyridine rings is 1. The van der Waals surface area contributed by atoms with Crippen LogP contribution in [0, 0.1) is 5.82 Å². The minimum absolute atomic E-state index is 0.0111. The Morgan fingerprint density at radius 3 is 2.74 bits per heavy atom. The van der Waals surface area contributed by atoms with Crippen molar-refractivity contribution in [2.75, 3.05) is 20.2 Å². The molecule has 1 aliphatic heterocycles. The summed E-state index contributed by atoms with van der Waals surface area (Å²) in [7, 11) is 1.80. The Bertz CT molecular complexity index is 1130. The molecule has 3 aromatic rings. The van der Waals surface area contributed by atoms with Gasteiger partial charge in [-0.2, -0.15) is 0 Å². The predicted octanol–water partition coefficient (Wildman–Crippen LogP) is 4.88. The van der Waals surface area contributed by atoms with Gasteiger partial charge in [0.2, 0.25) is 5.88 Å². The van der Waals surface area contributed by atoms with Gasteiger partial charge in [-0.15, -0.1) is 0 Å². The van der Waals surface area contributed by atoms with Crippen LogP contribution in [-0.2, 0) is 24.2 Å². The third kappa shape index (κ3) is 5.59. The molecule has 0 bridgehead atoms. The number of piperidine rings is 1. The molecule has 5 rings (SSSR count). The molecule has 2 aliphatic rings. The van der Waals surface area contributed by atoms with Crippen molar-refractivity contribution in [3.05, 3.63) is 76.7 Å². The van der Waals surface area contributed by atoms with Crippen molar-refractivity contribution in [1.82, 2.24) is 19.4 Å². The number of methoxy groups -OCH3 is 1. The Kier molecular flexibility index (Phi) is 6.86. The Hall–Kier alpha value is -2.48. The molecular formula is C26H30ClFN4O2. The van der Waals surface area contributed by atoms with Crippen molar-refractivity contribution >= 4 is 11.6 Å². The van der Waals surface area contributed by atoms with Gasteiger partial charge >= 0.3 is 0 Å². The fraction of sp³-hybridized carbons (Fsp3) is 0.462. The van der Waals surface area contributed by atoms with Gasteiger partial charge in [0.15, 0.2) is 0 Å². The van der Waals surface area contributed by atoms with Crippen LogP contribution in [-0.4, -0.2) is 51.3 Å². The molecule has 3 heterocycles. The van der Waals surface area contributed by atoms with Crippen LogP contribution in [0.2, 0.25) is 5.02 Å². The number of ether oxygens (including phenoxy) is 2. The van der Waals surface area contributed by atoms with E-state index in [4.69, 9.17) is 21.1 Å². The number of halogens is 2. The summed E-state index contributed by atoms with van der Waals surface area (Å²) < 4.78 is 28.3. The van der Waals surface area contributed by atoms with Crippen LogP contribution in [0.1, 0.15) is 42.8 Å². The fourth-order valence-corrected chi connectivity index (χ4v) is 4.71. The average molecular weight is 485 g/mol. The zero-order valence-corrected chi connectivity index (χ0v) is 20.2. The molecular weight excluding hydrogens is 455 g/mol. The Morgan fingerprint density at radius 2 is 2.00 bits per heavy atom. The minimum atomic E-state index is -0.317. The van der Waals surface area contributed by atoms with Gasteiger partial charge in [0.05, 0.1) is 18.7 Å². The first-order chi connectivity index (χ1) is 16.5. The van der Waals surface area contributed by atoms with E-state index in [-0.39, 0.29) is 17.5 Å². The second-order valence-electron chi connectivity index (χ2n) is 9.33. The van der Waals surface area contributed by atoms with Crippen molar-refractivity contribution in [3.63, 3.8) is 0 Å². The van der Waals surface area contributed by atoms with E-state index in [0.717, 1.165) is 63.4 Å². The van der Waals surface area contributed by atoms with Gasteiger partial charge < -0.3 is 14.0 Å². The number of hydrogen-bond donors (Lipinski definition) is 0. The zero-order valence-electron chi connectivity index (χ0n) is 19.4. The topological polar surface area (TPSA) is 52.4 Å². The summed E-state index contributed by atoms with van der Waals surface area (Å²) >= 11 is 5.86. The van der Waals surface area contributed by atoms with E-state index < -0.39 is 0 Å². The second kappa shape index (κ2) is 10.0. The van der Waals surface area contributed by atoms with Crippen LogP contribution in [0.25, 0.3) is 0 Å². The molecule has 1 aliphatic carbocycles. The summed E-state index contributed by atoms with van der Waals surface area (Å²) in [6, 6.07) is 10.4. The van der Waals surface area contributed by atoms with Crippen molar-refractivity contribution in [2.45, 2.75) is 56.9 Å². The van der Waals surface area contributed by atoms with Crippen LogP contribution in [0.3, 0.4) is 0 Å². The lowest BCUT2D eigenvalue weighted by atomic mass is 10.1. The SMILES string of the molecule is COC1(Cn2ccnc2CN2CCC(Oc3cccc(Cc4ccc(Cl)cc4F)n3)CC2)CC1. The maximum atomic E-state index is 14.1. The van der Waals surface area contributed by atoms with Crippen LogP contribution < -0.4 is 4.74 Å². The maximum absolute atomic E-state index is 14.1. The predicted molar refractivity (Wildman–Crippen MR) is 129 cm³/mol. The highest BCUT2D eigenvalue weighted by Gasteiger charge is 2.43. The van der Waals surface area contributed by atoms with Crippen molar-refractivity contribution in [1.29, 1.82) is 0 Å². The van der Waals surface area contributed by atoms with Crippen molar-refractivity contribution < 1.29 is 13.9 Å². The van der Waals surface area contributed by atoms with E-state index in [9.17, 15) is 4.39 Å². The molecule has 0 amide bonds. The summed E-state index contributed by atoms with van der Waals surface area (Å²) in [5.41, 5.74) is 1.35. The quantitative estimate of drug-likeness (QED) is 0.433. The lowest BCUT2D eigenvalue weighted by Crippen LogP contribution is -2.38. The van der Waals surface area contributed by atoms with Gasteiger partial charge in [0.1, 0.15) is 17.7 Å². The lowest BCUT2D eigenvalue weighted by Gasteiger charge is -2.32. The van der Waals surface area contributed by atoms with E-state index in [1.54, 1.807) is 19.2 Å². The highest BCUT2D eigenvalue weighted by molar-refractivity contribution is 6.30. The molecule has 8 heteroatoms. The molecule has 2 fully saturated rings. The average Bonchev–Trinajstić information content (AvgIpc) is 3.48. The monoisotopic (exact) mass is 484 g/mol. The highest BCUT2D eigenvalue weighted by atomic mass is 35.5. The number of nitrogens with zero attached hydrogens (tertiary/aromatic N) is 4. The summed E-state index contributed by atoms with van der Waals surface area (Å²) in [5.74, 6) is 1.37. The van der Waals surface area contributed by atoms with Gasteiger partial charge in [-0.3, -0.25) is 4.90 Å². The molecule has 1 aromatic carbocycles. The van der Waals surface area contributed by atoms with Crippen molar-refractivity contribution in [3.8, 4) is 5.88 Å². The number of likely N-dealkylation sites (tertiary alicyclic amines) is 1. The van der Waals surface area contributed by atoms with Gasteiger partial charge in [-0.05, 0) is 49.4 Å². The molecule has 0 unspecified atom stereocenters. The lowest BCUT2D eigenvalue weighted by molar-refractivity contribution is 0.0621. The molecule has 1 saturated carbocycles. The molecule has 0 atom stereocenters. The first kappa shape index (κ1) is 23.3. The molecule has 0 spiro atoms. The molecule has 34 heavy (non-hydrogen) atoms. The number of rotatable bonds is 9. The molecule has 2 aromatic heterocycles. The zero-order chi connectivity index (χ0) is 23.5. The van der Waals surface area contributed by atoms with Gasteiger partial charge in [-0.25, -0.2) is 14.4 Å². The summed E-state index contributed by atoms with van der Waals surface area (Å²) in [6.07, 6.45) is 8.55. The molecule has 1 saturated heterocycles. The number of imidazole rings is 1. The maximum Gasteiger partial charge on any atom is 0.213 e. The first-order valence-electron chi connectivity index (χ1n) is 11.9. The van der Waals surface area contributed by atoms with E-state index in [2.05, 4.69) is 25.6 Å². The van der Waals surface area contributed by atoms with Crippen molar-refractivity contribution in [2.24, 2.45) is 0 Å². The summed E-state index contributed by atoms with van der Waals surface area (Å²) in [5, 5.41) is 0.392. The minimum Gasteiger partial charge on any atom is -0.474 e. The number of benzene rings is 1.